The Kier molecular flexibility index (Phi) is 5.99. The van der Waals surface area contributed by atoms with E-state index in [-0.39, 0.29) is 11.6 Å². The van der Waals surface area contributed by atoms with Crippen LogP contribution in [-0.4, -0.2) is 48.4 Å². The second kappa shape index (κ2) is 8.20. The van der Waals surface area contributed by atoms with Crippen molar-refractivity contribution in [3.05, 3.63) is 50.9 Å². The van der Waals surface area contributed by atoms with Crippen molar-refractivity contribution in [1.29, 1.82) is 0 Å². The molecule has 128 valence electrons. The first-order valence-electron chi connectivity index (χ1n) is 7.82. The number of nitrogens with zero attached hydrogens (tertiary/aromatic N) is 2. The van der Waals surface area contributed by atoms with Crippen LogP contribution in [0.1, 0.15) is 4.88 Å². The van der Waals surface area contributed by atoms with Crippen molar-refractivity contribution in [2.45, 2.75) is 6.54 Å². The smallest absolute Gasteiger partial charge is 0.238 e. The zero-order valence-corrected chi connectivity index (χ0v) is 15.6. The van der Waals surface area contributed by atoms with Gasteiger partial charge in [-0.2, -0.15) is 0 Å². The van der Waals surface area contributed by atoms with E-state index in [1.165, 1.54) is 10.9 Å². The molecule has 2 heterocycles. The van der Waals surface area contributed by atoms with Gasteiger partial charge in [-0.15, -0.1) is 11.3 Å². The number of carbonyl (C=O) groups is 1. The Morgan fingerprint density at radius 2 is 1.96 bits per heavy atom. The largest absolute Gasteiger partial charge is 0.322 e. The van der Waals surface area contributed by atoms with Crippen LogP contribution in [0, 0.1) is 5.82 Å². The molecule has 0 radical (unpaired) electrons. The lowest BCUT2D eigenvalue weighted by Gasteiger charge is -2.34. The minimum absolute atomic E-state index is 0.178. The molecule has 0 bridgehead atoms. The van der Waals surface area contributed by atoms with E-state index in [0.29, 0.717) is 11.0 Å². The van der Waals surface area contributed by atoms with E-state index in [0.717, 1.165) is 32.7 Å². The van der Waals surface area contributed by atoms with Crippen LogP contribution in [0.15, 0.2) is 40.2 Å². The van der Waals surface area contributed by atoms with E-state index < -0.39 is 5.82 Å². The number of amides is 1. The van der Waals surface area contributed by atoms with Crippen molar-refractivity contribution in [3.8, 4) is 0 Å². The number of rotatable bonds is 5. The van der Waals surface area contributed by atoms with E-state index in [2.05, 4.69) is 48.6 Å². The molecule has 1 aliphatic rings. The lowest BCUT2D eigenvalue weighted by atomic mass is 10.2. The third-order valence-electron chi connectivity index (χ3n) is 4.00. The van der Waals surface area contributed by atoms with Crippen molar-refractivity contribution in [1.82, 2.24) is 9.80 Å². The number of hydrogen-bond acceptors (Lipinski definition) is 4. The van der Waals surface area contributed by atoms with E-state index in [4.69, 9.17) is 0 Å². The lowest BCUT2D eigenvalue weighted by Crippen LogP contribution is -2.48. The van der Waals surface area contributed by atoms with Crippen molar-refractivity contribution in [2.75, 3.05) is 38.0 Å². The van der Waals surface area contributed by atoms with Crippen LogP contribution in [-0.2, 0) is 11.3 Å². The summed E-state index contributed by atoms with van der Waals surface area (Å²) in [6.07, 6.45) is 0. The van der Waals surface area contributed by atoms with Gasteiger partial charge in [0.2, 0.25) is 5.91 Å². The van der Waals surface area contributed by atoms with Gasteiger partial charge in [-0.05, 0) is 29.6 Å². The molecule has 2 aromatic rings. The van der Waals surface area contributed by atoms with E-state index >= 15 is 0 Å². The summed E-state index contributed by atoms with van der Waals surface area (Å²) in [5.41, 5.74) is 0.222. The highest BCUT2D eigenvalue weighted by Crippen LogP contribution is 2.19. The number of carbonyl (C=O) groups excluding carboxylic acids is 1. The molecule has 1 aromatic heterocycles. The number of anilines is 1. The van der Waals surface area contributed by atoms with Gasteiger partial charge in [0.25, 0.3) is 0 Å². The molecule has 0 unspecified atom stereocenters. The Morgan fingerprint density at radius 3 is 2.62 bits per heavy atom. The molecule has 1 amide bonds. The normalized spacial score (nSPS) is 16.2. The molecule has 7 heteroatoms. The van der Waals surface area contributed by atoms with Crippen LogP contribution in [0.4, 0.5) is 10.1 Å². The third kappa shape index (κ3) is 4.86. The molecule has 1 saturated heterocycles. The predicted octanol–water partition coefficient (Wildman–Crippen LogP) is 3.41. The fourth-order valence-electron chi connectivity index (χ4n) is 2.71. The summed E-state index contributed by atoms with van der Waals surface area (Å²) in [5.74, 6) is -0.610. The van der Waals surface area contributed by atoms with Crippen molar-refractivity contribution < 1.29 is 9.18 Å². The molecule has 24 heavy (non-hydrogen) atoms. The van der Waals surface area contributed by atoms with Gasteiger partial charge in [0.05, 0.1) is 12.2 Å². The minimum atomic E-state index is -0.432. The van der Waals surface area contributed by atoms with Crippen molar-refractivity contribution >= 4 is 38.9 Å². The van der Waals surface area contributed by atoms with Gasteiger partial charge in [-0.3, -0.25) is 14.6 Å². The number of piperazine rings is 1. The number of thiophene rings is 1. The number of benzene rings is 1. The zero-order chi connectivity index (χ0) is 16.9. The third-order valence-corrected chi connectivity index (χ3v) is 5.35. The summed E-state index contributed by atoms with van der Waals surface area (Å²) in [5, 5.41) is 4.74. The fourth-order valence-corrected chi connectivity index (χ4v) is 3.79. The summed E-state index contributed by atoms with van der Waals surface area (Å²) in [6.45, 7) is 4.85. The minimum Gasteiger partial charge on any atom is -0.322 e. The molecule has 3 rings (SSSR count). The van der Waals surface area contributed by atoms with E-state index in [1.54, 1.807) is 23.5 Å². The SMILES string of the molecule is O=C(CN1CCN(Cc2cccs2)CC1)Nc1ccc(Br)cc1F. The van der Waals surface area contributed by atoms with Gasteiger partial charge >= 0.3 is 0 Å². The highest BCUT2D eigenvalue weighted by Gasteiger charge is 2.19. The van der Waals surface area contributed by atoms with Crippen LogP contribution < -0.4 is 5.32 Å². The maximum absolute atomic E-state index is 13.8. The Hall–Kier alpha value is -1.28. The molecule has 1 aliphatic heterocycles. The number of nitrogens with one attached hydrogen (secondary N) is 1. The van der Waals surface area contributed by atoms with Gasteiger partial charge < -0.3 is 5.32 Å². The first-order chi connectivity index (χ1) is 11.6. The van der Waals surface area contributed by atoms with Crippen LogP contribution in [0.5, 0.6) is 0 Å². The quantitative estimate of drug-likeness (QED) is 0.818. The number of hydrogen-bond donors (Lipinski definition) is 1. The molecule has 1 N–H and O–H groups in total. The van der Waals surface area contributed by atoms with Gasteiger partial charge in [-0.25, -0.2) is 4.39 Å². The first-order valence-corrected chi connectivity index (χ1v) is 9.49. The van der Waals surface area contributed by atoms with Gasteiger partial charge in [0.15, 0.2) is 0 Å². The fraction of sp³-hybridized carbons (Fsp3) is 0.353. The average molecular weight is 412 g/mol. The van der Waals surface area contributed by atoms with Gasteiger partial charge in [0, 0.05) is 42.1 Å². The predicted molar refractivity (Wildman–Crippen MR) is 98.8 cm³/mol. The van der Waals surface area contributed by atoms with Crippen LogP contribution >= 0.6 is 27.3 Å². The topological polar surface area (TPSA) is 35.6 Å². The molecule has 1 fully saturated rings. The molecule has 1 aromatic carbocycles. The van der Waals surface area contributed by atoms with Crippen LogP contribution in [0.25, 0.3) is 0 Å². The second-order valence-electron chi connectivity index (χ2n) is 5.80. The number of halogens is 2. The molecule has 0 aliphatic carbocycles. The van der Waals surface area contributed by atoms with Crippen molar-refractivity contribution in [3.63, 3.8) is 0 Å². The molecule has 0 saturated carbocycles. The highest BCUT2D eigenvalue weighted by molar-refractivity contribution is 9.10. The second-order valence-corrected chi connectivity index (χ2v) is 7.75. The summed E-state index contributed by atoms with van der Waals surface area (Å²) in [7, 11) is 0. The molecular formula is C17H19BrFN3OS. The first kappa shape index (κ1) is 17.5. The maximum Gasteiger partial charge on any atom is 0.238 e. The Morgan fingerprint density at radius 1 is 1.21 bits per heavy atom. The van der Waals surface area contributed by atoms with Crippen molar-refractivity contribution in [2.24, 2.45) is 0 Å². The summed E-state index contributed by atoms with van der Waals surface area (Å²) >= 11 is 4.98. The summed E-state index contributed by atoms with van der Waals surface area (Å²) in [6, 6.07) is 8.84. The Balaban J connectivity index is 1.44. The molecule has 4 nitrogen and oxygen atoms in total. The monoisotopic (exact) mass is 411 g/mol. The highest BCUT2D eigenvalue weighted by atomic mass is 79.9. The standard InChI is InChI=1S/C17H19BrFN3OS/c18-13-3-4-16(15(19)10-13)20-17(23)12-22-7-5-21(6-8-22)11-14-2-1-9-24-14/h1-4,9-10H,5-8,11-12H2,(H,20,23). The average Bonchev–Trinajstić information content (AvgIpc) is 3.05. The molecule has 0 spiro atoms. The van der Waals surface area contributed by atoms with Crippen LogP contribution in [0.2, 0.25) is 0 Å². The van der Waals surface area contributed by atoms with E-state index in [9.17, 15) is 9.18 Å². The molecule has 0 atom stereocenters. The van der Waals surface area contributed by atoms with Crippen LogP contribution in [0.3, 0.4) is 0 Å². The lowest BCUT2D eigenvalue weighted by molar-refractivity contribution is -0.117. The zero-order valence-electron chi connectivity index (χ0n) is 13.2. The summed E-state index contributed by atoms with van der Waals surface area (Å²) < 4.78 is 14.4. The summed E-state index contributed by atoms with van der Waals surface area (Å²) in [4.78, 5) is 18.0. The maximum atomic E-state index is 13.8. The van der Waals surface area contributed by atoms with Gasteiger partial charge in [-0.1, -0.05) is 22.0 Å². The Labute approximate surface area is 153 Å². The molecular weight excluding hydrogens is 393 g/mol. The van der Waals surface area contributed by atoms with Gasteiger partial charge in [0.1, 0.15) is 5.82 Å². The Bertz CT molecular complexity index is 687. The van der Waals surface area contributed by atoms with E-state index in [1.807, 2.05) is 0 Å².